The summed E-state index contributed by atoms with van der Waals surface area (Å²) < 4.78 is 11.1. The van der Waals surface area contributed by atoms with E-state index in [9.17, 15) is 14.4 Å². The quantitative estimate of drug-likeness (QED) is 0.258. The highest BCUT2D eigenvalue weighted by atomic mass is 16.5. The number of ether oxygens (including phenoxy) is 2. The summed E-state index contributed by atoms with van der Waals surface area (Å²) in [7, 11) is 0. The van der Waals surface area contributed by atoms with Gasteiger partial charge in [-0.15, -0.1) is 0 Å². The van der Waals surface area contributed by atoms with Crippen LogP contribution in [0.25, 0.3) is 0 Å². The first-order chi connectivity index (χ1) is 18.1. The molecular weight excluding hydrogens is 472 g/mol. The molecule has 0 radical (unpaired) electrons. The Hall–Kier alpha value is -3.49. The second kappa shape index (κ2) is 15.6. The van der Waals surface area contributed by atoms with Gasteiger partial charge in [-0.2, -0.15) is 0 Å². The zero-order valence-electron chi connectivity index (χ0n) is 21.0. The minimum absolute atomic E-state index is 0.0272. The van der Waals surface area contributed by atoms with Crippen LogP contribution >= 0.6 is 0 Å². The predicted octanol–water partition coefficient (Wildman–Crippen LogP) is 2.73. The number of allylic oxidation sites excluding steroid dienone is 2. The van der Waals surface area contributed by atoms with Gasteiger partial charge in [-0.05, 0) is 30.4 Å². The first-order valence-corrected chi connectivity index (χ1v) is 12.7. The molecule has 8 heteroatoms. The molecule has 0 aromatic heterocycles. The van der Waals surface area contributed by atoms with Crippen molar-refractivity contribution in [2.75, 3.05) is 32.9 Å². The Bertz CT molecular complexity index is 1010. The van der Waals surface area contributed by atoms with Crippen LogP contribution in [-0.4, -0.2) is 55.8 Å². The number of cyclic esters (lactones) is 1. The molecule has 198 valence electrons. The van der Waals surface area contributed by atoms with Crippen LogP contribution < -0.4 is 10.6 Å². The van der Waals surface area contributed by atoms with Gasteiger partial charge in [-0.25, -0.2) is 0 Å². The van der Waals surface area contributed by atoms with Crippen molar-refractivity contribution in [3.8, 4) is 0 Å². The molecule has 1 aliphatic heterocycles. The van der Waals surface area contributed by atoms with Crippen LogP contribution in [0.3, 0.4) is 0 Å². The van der Waals surface area contributed by atoms with Crippen molar-refractivity contribution in [2.24, 2.45) is 11.8 Å². The summed E-state index contributed by atoms with van der Waals surface area (Å²) in [4.78, 5) is 38.7. The lowest BCUT2D eigenvalue weighted by Gasteiger charge is -2.24. The smallest absolute Gasteiger partial charge is 0.310 e. The third kappa shape index (κ3) is 9.82. The number of rotatable bonds is 10. The summed E-state index contributed by atoms with van der Waals surface area (Å²) in [6, 6.07) is 19.2. The minimum atomic E-state index is -0.641. The molecule has 0 saturated heterocycles. The Morgan fingerprint density at radius 1 is 0.973 bits per heavy atom. The van der Waals surface area contributed by atoms with Gasteiger partial charge in [0.2, 0.25) is 11.8 Å². The van der Waals surface area contributed by atoms with E-state index in [0.29, 0.717) is 25.8 Å². The normalized spacial score (nSPS) is 20.7. The fraction of sp³-hybridized carbons (Fsp3) is 0.414. The predicted molar refractivity (Wildman–Crippen MR) is 139 cm³/mol. The molecule has 2 aromatic carbocycles. The number of benzene rings is 2. The maximum atomic E-state index is 13.2. The van der Waals surface area contributed by atoms with E-state index >= 15 is 0 Å². The first kappa shape index (κ1) is 28.1. The minimum Gasteiger partial charge on any atom is -0.455 e. The second-order valence-corrected chi connectivity index (χ2v) is 9.00. The van der Waals surface area contributed by atoms with Crippen LogP contribution in [0.15, 0.2) is 72.8 Å². The van der Waals surface area contributed by atoms with E-state index in [0.717, 1.165) is 11.1 Å². The Morgan fingerprint density at radius 2 is 1.65 bits per heavy atom. The molecule has 8 nitrogen and oxygen atoms in total. The highest BCUT2D eigenvalue weighted by molar-refractivity contribution is 5.86. The molecule has 0 saturated carbocycles. The Labute approximate surface area is 218 Å². The number of hydrogen-bond donors (Lipinski definition) is 3. The summed E-state index contributed by atoms with van der Waals surface area (Å²) in [5.74, 6) is -1.76. The van der Waals surface area contributed by atoms with E-state index < -0.39 is 12.0 Å². The van der Waals surface area contributed by atoms with E-state index in [-0.39, 0.29) is 56.5 Å². The molecule has 0 fully saturated rings. The van der Waals surface area contributed by atoms with Crippen LogP contribution in [0.1, 0.15) is 36.5 Å². The molecule has 37 heavy (non-hydrogen) atoms. The third-order valence-corrected chi connectivity index (χ3v) is 6.16. The lowest BCUT2D eigenvalue weighted by molar-refractivity contribution is -0.154. The van der Waals surface area contributed by atoms with Crippen molar-refractivity contribution < 1.29 is 29.0 Å². The van der Waals surface area contributed by atoms with E-state index in [2.05, 4.69) is 10.6 Å². The summed E-state index contributed by atoms with van der Waals surface area (Å²) in [6.45, 7) is 0.841. The molecule has 0 bridgehead atoms. The molecule has 2 amide bonds. The molecule has 3 rings (SSSR count). The number of aliphatic hydroxyl groups excluding tert-OH is 1. The first-order valence-electron chi connectivity index (χ1n) is 12.7. The van der Waals surface area contributed by atoms with Gasteiger partial charge >= 0.3 is 5.97 Å². The van der Waals surface area contributed by atoms with Crippen molar-refractivity contribution in [1.82, 2.24) is 10.6 Å². The molecule has 3 N–H and O–H groups in total. The molecule has 1 aliphatic rings. The van der Waals surface area contributed by atoms with Crippen molar-refractivity contribution in [2.45, 2.75) is 31.8 Å². The van der Waals surface area contributed by atoms with Crippen molar-refractivity contribution in [3.63, 3.8) is 0 Å². The zero-order valence-corrected chi connectivity index (χ0v) is 21.0. The number of nitrogens with one attached hydrogen (secondary N) is 2. The number of amides is 2. The van der Waals surface area contributed by atoms with Crippen LogP contribution in [0.5, 0.6) is 0 Å². The maximum absolute atomic E-state index is 13.2. The summed E-state index contributed by atoms with van der Waals surface area (Å²) in [5, 5.41) is 14.4. The van der Waals surface area contributed by atoms with Crippen molar-refractivity contribution in [3.05, 3.63) is 83.9 Å². The number of esters is 1. The highest BCUT2D eigenvalue weighted by Crippen LogP contribution is 2.23. The van der Waals surface area contributed by atoms with Crippen LogP contribution in [0, 0.1) is 11.8 Å². The number of hydrogen-bond acceptors (Lipinski definition) is 6. The van der Waals surface area contributed by atoms with Gasteiger partial charge in [-0.3, -0.25) is 14.4 Å². The molecule has 3 atom stereocenters. The molecule has 1 heterocycles. The molecular formula is C29H36N2O6. The largest absolute Gasteiger partial charge is 0.455 e. The second-order valence-electron chi connectivity index (χ2n) is 9.00. The standard InChI is InChI=1S/C29H36N2O6/c32-16-18-36-17-15-30-27(33)20-24-13-7-8-14-25(19-22-9-3-1-4-10-22)29(35)37-26(21-31-28(24)34)23-11-5-2-6-12-23/h1-12,24-26,32H,13-21H2,(H,30,33)(H,31,34). The monoisotopic (exact) mass is 508 g/mol. The summed E-state index contributed by atoms with van der Waals surface area (Å²) >= 11 is 0. The molecule has 0 aliphatic carbocycles. The Morgan fingerprint density at radius 3 is 2.35 bits per heavy atom. The lowest BCUT2D eigenvalue weighted by atomic mass is 9.94. The fourth-order valence-corrected chi connectivity index (χ4v) is 4.16. The highest BCUT2D eigenvalue weighted by Gasteiger charge is 2.27. The fourth-order valence-electron chi connectivity index (χ4n) is 4.16. The average Bonchev–Trinajstić information content (AvgIpc) is 2.92. The molecule has 3 unspecified atom stereocenters. The van der Waals surface area contributed by atoms with Crippen molar-refractivity contribution in [1.29, 1.82) is 0 Å². The lowest BCUT2D eigenvalue weighted by Crippen LogP contribution is -2.38. The van der Waals surface area contributed by atoms with Gasteiger partial charge in [0, 0.05) is 13.0 Å². The van der Waals surface area contributed by atoms with Gasteiger partial charge in [0.25, 0.3) is 0 Å². The SMILES string of the molecule is O=C(CC1CC=CCC(Cc2ccccc2)C(=O)OC(c2ccccc2)CNC1=O)NCCOCCO. The van der Waals surface area contributed by atoms with E-state index in [4.69, 9.17) is 14.6 Å². The van der Waals surface area contributed by atoms with Gasteiger partial charge < -0.3 is 25.2 Å². The number of carbonyl (C=O) groups is 3. The van der Waals surface area contributed by atoms with Gasteiger partial charge in [0.05, 0.1) is 38.2 Å². The third-order valence-electron chi connectivity index (χ3n) is 6.16. The molecule has 2 aromatic rings. The maximum Gasteiger partial charge on any atom is 0.310 e. The average molecular weight is 509 g/mol. The summed E-state index contributed by atoms with van der Waals surface area (Å²) in [6.07, 6.45) is 4.54. The van der Waals surface area contributed by atoms with E-state index in [1.54, 1.807) is 0 Å². The topological polar surface area (TPSA) is 114 Å². The van der Waals surface area contributed by atoms with Gasteiger partial charge in [0.1, 0.15) is 6.10 Å². The number of carbonyl (C=O) groups excluding carboxylic acids is 3. The zero-order chi connectivity index (χ0) is 26.3. The van der Waals surface area contributed by atoms with E-state index in [1.807, 2.05) is 72.8 Å². The van der Waals surface area contributed by atoms with Crippen molar-refractivity contribution >= 4 is 17.8 Å². The van der Waals surface area contributed by atoms with Gasteiger partial charge in [0.15, 0.2) is 0 Å². The van der Waals surface area contributed by atoms with E-state index in [1.165, 1.54) is 0 Å². The molecule has 0 spiro atoms. The Kier molecular flexibility index (Phi) is 11.8. The number of aliphatic hydroxyl groups is 1. The Balaban J connectivity index is 1.73. The van der Waals surface area contributed by atoms with Crippen LogP contribution in [-0.2, 0) is 30.3 Å². The van der Waals surface area contributed by atoms with Gasteiger partial charge in [-0.1, -0.05) is 72.8 Å². The van der Waals surface area contributed by atoms with Crippen LogP contribution in [0.4, 0.5) is 0 Å². The van der Waals surface area contributed by atoms with Crippen LogP contribution in [0.2, 0.25) is 0 Å². The summed E-state index contributed by atoms with van der Waals surface area (Å²) in [5.41, 5.74) is 1.84.